The van der Waals surface area contributed by atoms with Crippen LogP contribution in [0.5, 0.6) is 0 Å². The number of unbranched alkanes of at least 4 members (excludes halogenated alkanes) is 16. The van der Waals surface area contributed by atoms with Crippen molar-refractivity contribution in [3.8, 4) is 23.7 Å². The van der Waals surface area contributed by atoms with Crippen molar-refractivity contribution in [3.05, 3.63) is 0 Å². The summed E-state index contributed by atoms with van der Waals surface area (Å²) >= 11 is 0. The Kier molecular flexibility index (Phi) is 21.8. The molecule has 2 nitrogen and oxygen atoms in total. The zero-order valence-electron chi connectivity index (χ0n) is 19.8. The molecule has 0 rings (SSSR count). The van der Waals surface area contributed by atoms with E-state index in [2.05, 4.69) is 30.6 Å². The van der Waals surface area contributed by atoms with E-state index < -0.39 is 0 Å². The molecule has 2 heteroatoms. The van der Waals surface area contributed by atoms with E-state index in [9.17, 15) is 4.79 Å². The van der Waals surface area contributed by atoms with Gasteiger partial charge in [-0.05, 0) is 31.1 Å². The molecule has 0 aliphatic rings. The normalized spacial score (nSPS) is 10.0. The van der Waals surface area contributed by atoms with Crippen LogP contribution in [0.4, 0.5) is 0 Å². The topological polar surface area (TPSA) is 20.3 Å². The number of rotatable bonds is 18. The Morgan fingerprint density at radius 1 is 0.586 bits per heavy atom. The first kappa shape index (κ1) is 27.6. The van der Waals surface area contributed by atoms with Crippen molar-refractivity contribution in [2.75, 3.05) is 14.1 Å². The average molecular weight is 402 g/mol. The van der Waals surface area contributed by atoms with Crippen LogP contribution in [0.25, 0.3) is 0 Å². The molecule has 0 atom stereocenters. The highest BCUT2D eigenvalue weighted by Crippen LogP contribution is 2.11. The van der Waals surface area contributed by atoms with Crippen molar-refractivity contribution in [1.29, 1.82) is 0 Å². The molecule has 0 heterocycles. The van der Waals surface area contributed by atoms with E-state index in [0.717, 1.165) is 25.7 Å². The van der Waals surface area contributed by atoms with E-state index in [1.807, 2.05) is 14.1 Å². The lowest BCUT2D eigenvalue weighted by Crippen LogP contribution is -2.20. The second-order valence-electron chi connectivity index (χ2n) is 8.45. The van der Waals surface area contributed by atoms with Crippen LogP contribution in [-0.4, -0.2) is 24.9 Å². The summed E-state index contributed by atoms with van der Waals surface area (Å²) in [6, 6.07) is 0. The monoisotopic (exact) mass is 401 g/mol. The van der Waals surface area contributed by atoms with Crippen LogP contribution in [0.15, 0.2) is 0 Å². The Labute approximate surface area is 182 Å². The van der Waals surface area contributed by atoms with Gasteiger partial charge in [0.2, 0.25) is 5.91 Å². The minimum absolute atomic E-state index is 0.245. The van der Waals surface area contributed by atoms with Crippen LogP contribution in [0.3, 0.4) is 0 Å². The predicted molar refractivity (Wildman–Crippen MR) is 128 cm³/mol. The summed E-state index contributed by atoms with van der Waals surface area (Å²) in [4.78, 5) is 13.1. The first-order valence-electron chi connectivity index (χ1n) is 12.3. The fraction of sp³-hybridized carbons (Fsp3) is 0.815. The van der Waals surface area contributed by atoms with E-state index in [4.69, 9.17) is 0 Å². The minimum Gasteiger partial charge on any atom is -0.349 e. The summed E-state index contributed by atoms with van der Waals surface area (Å²) in [5.41, 5.74) is 0. The van der Waals surface area contributed by atoms with Crippen molar-refractivity contribution >= 4 is 5.91 Å². The van der Waals surface area contributed by atoms with Crippen molar-refractivity contribution in [3.63, 3.8) is 0 Å². The van der Waals surface area contributed by atoms with Crippen molar-refractivity contribution in [2.24, 2.45) is 0 Å². The van der Waals surface area contributed by atoms with Crippen molar-refractivity contribution in [1.82, 2.24) is 4.90 Å². The molecule has 0 saturated carbocycles. The lowest BCUT2D eigenvalue weighted by molar-refractivity contribution is -0.128. The lowest BCUT2D eigenvalue weighted by Gasteiger charge is -2.09. The van der Waals surface area contributed by atoms with Crippen molar-refractivity contribution in [2.45, 2.75) is 129 Å². The Morgan fingerprint density at radius 3 is 1.38 bits per heavy atom. The molecule has 0 saturated heterocycles. The third-order valence-electron chi connectivity index (χ3n) is 5.34. The zero-order valence-corrected chi connectivity index (χ0v) is 19.8. The Hall–Kier alpha value is -1.41. The summed E-state index contributed by atoms with van der Waals surface area (Å²) in [5.74, 6) is 12.6. The summed E-state index contributed by atoms with van der Waals surface area (Å²) < 4.78 is 0. The smallest absolute Gasteiger partial charge is 0.222 e. The summed E-state index contributed by atoms with van der Waals surface area (Å²) in [5, 5.41) is 0. The van der Waals surface area contributed by atoms with E-state index in [-0.39, 0.29) is 5.91 Å². The molecule has 0 fully saturated rings. The summed E-state index contributed by atoms with van der Waals surface area (Å²) in [7, 11) is 3.65. The molecule has 29 heavy (non-hydrogen) atoms. The van der Waals surface area contributed by atoms with Crippen LogP contribution < -0.4 is 0 Å². The van der Waals surface area contributed by atoms with Crippen LogP contribution in [-0.2, 0) is 4.79 Å². The minimum atomic E-state index is 0.245. The summed E-state index contributed by atoms with van der Waals surface area (Å²) in [6.07, 6.45) is 23.5. The molecular formula is C27H47NO. The second kappa shape index (κ2) is 22.9. The molecule has 0 bridgehead atoms. The quantitative estimate of drug-likeness (QED) is 0.172. The molecule has 0 aromatic heterocycles. The fourth-order valence-electron chi connectivity index (χ4n) is 3.33. The average Bonchev–Trinajstić information content (AvgIpc) is 2.71. The van der Waals surface area contributed by atoms with E-state index in [1.165, 1.54) is 89.9 Å². The predicted octanol–water partition coefficient (Wildman–Crippen LogP) is 7.51. The first-order valence-corrected chi connectivity index (χ1v) is 12.3. The molecule has 0 radical (unpaired) electrons. The Balaban J connectivity index is 3.29. The van der Waals surface area contributed by atoms with E-state index in [0.29, 0.717) is 6.42 Å². The maximum atomic E-state index is 11.5. The fourth-order valence-corrected chi connectivity index (χ4v) is 3.33. The Bertz CT molecular complexity index is 486. The zero-order chi connectivity index (χ0) is 21.4. The molecule has 0 aliphatic carbocycles. The van der Waals surface area contributed by atoms with E-state index in [1.54, 1.807) is 4.90 Å². The van der Waals surface area contributed by atoms with Crippen LogP contribution >= 0.6 is 0 Å². The number of carbonyl (C=O) groups is 1. The molecule has 0 aromatic carbocycles. The standard InChI is InChI=1S/C27H47NO/c1-4-5-6-7-8-9-10-11-12-13-14-15-16-17-18-19-20-21-22-23-24-25-26-27(29)28(2)3/h4-14,19-26H2,1-3H3. The molecule has 0 spiro atoms. The van der Waals surface area contributed by atoms with Gasteiger partial charge in [-0.2, -0.15) is 0 Å². The number of nitrogens with zero attached hydrogens (tertiary/aromatic N) is 1. The first-order chi connectivity index (χ1) is 14.2. The summed E-state index contributed by atoms with van der Waals surface area (Å²) in [6.45, 7) is 2.28. The van der Waals surface area contributed by atoms with Gasteiger partial charge in [-0.1, -0.05) is 102 Å². The highest BCUT2D eigenvalue weighted by Gasteiger charge is 2.02. The van der Waals surface area contributed by atoms with Crippen molar-refractivity contribution < 1.29 is 4.79 Å². The molecule has 0 aromatic rings. The van der Waals surface area contributed by atoms with Gasteiger partial charge < -0.3 is 4.90 Å². The highest BCUT2D eigenvalue weighted by molar-refractivity contribution is 5.75. The largest absolute Gasteiger partial charge is 0.349 e. The van der Waals surface area contributed by atoms with Gasteiger partial charge in [0, 0.05) is 33.4 Å². The maximum Gasteiger partial charge on any atom is 0.222 e. The number of hydrogen-bond donors (Lipinski definition) is 0. The second-order valence-corrected chi connectivity index (χ2v) is 8.45. The molecule has 0 aliphatic heterocycles. The van der Waals surface area contributed by atoms with Crippen LogP contribution in [0.2, 0.25) is 0 Å². The van der Waals surface area contributed by atoms with Crippen LogP contribution in [0, 0.1) is 23.7 Å². The third-order valence-corrected chi connectivity index (χ3v) is 5.34. The molecule has 1 amide bonds. The molecule has 166 valence electrons. The van der Waals surface area contributed by atoms with Gasteiger partial charge in [0.1, 0.15) is 0 Å². The Morgan fingerprint density at radius 2 is 0.966 bits per heavy atom. The van der Waals surface area contributed by atoms with Gasteiger partial charge in [-0.3, -0.25) is 4.79 Å². The van der Waals surface area contributed by atoms with Crippen LogP contribution in [0.1, 0.15) is 129 Å². The number of carbonyl (C=O) groups excluding carboxylic acids is 1. The number of hydrogen-bond acceptors (Lipinski definition) is 1. The van der Waals surface area contributed by atoms with Gasteiger partial charge >= 0.3 is 0 Å². The SMILES string of the molecule is CCCCCCCCCCCCC#CC#CCCCCCCCCC(=O)N(C)C. The number of amides is 1. The maximum absolute atomic E-state index is 11.5. The lowest BCUT2D eigenvalue weighted by atomic mass is 10.1. The highest BCUT2D eigenvalue weighted by atomic mass is 16.2. The van der Waals surface area contributed by atoms with Gasteiger partial charge in [0.25, 0.3) is 0 Å². The molecular weight excluding hydrogens is 354 g/mol. The molecule has 0 N–H and O–H groups in total. The molecule has 0 unspecified atom stereocenters. The van der Waals surface area contributed by atoms with Gasteiger partial charge in [0.05, 0.1) is 0 Å². The third kappa shape index (κ3) is 22.7. The van der Waals surface area contributed by atoms with Gasteiger partial charge in [-0.25, -0.2) is 0 Å². The van der Waals surface area contributed by atoms with Gasteiger partial charge in [0.15, 0.2) is 0 Å². The van der Waals surface area contributed by atoms with E-state index >= 15 is 0 Å². The van der Waals surface area contributed by atoms with Gasteiger partial charge in [-0.15, -0.1) is 0 Å².